The Morgan fingerprint density at radius 1 is 1.28 bits per heavy atom. The summed E-state index contributed by atoms with van der Waals surface area (Å²) in [6.07, 6.45) is 2.32. The van der Waals surface area contributed by atoms with Crippen molar-refractivity contribution in [1.82, 2.24) is 0 Å². The van der Waals surface area contributed by atoms with Gasteiger partial charge in [0.15, 0.2) is 0 Å². The van der Waals surface area contributed by atoms with Gasteiger partial charge in [0.1, 0.15) is 5.75 Å². The molecule has 1 atom stereocenters. The van der Waals surface area contributed by atoms with E-state index < -0.39 is 0 Å². The van der Waals surface area contributed by atoms with Crippen molar-refractivity contribution in [2.75, 3.05) is 7.11 Å². The minimum atomic E-state index is 0.124. The molecule has 0 bridgehead atoms. The van der Waals surface area contributed by atoms with Gasteiger partial charge in [0.25, 0.3) is 0 Å². The number of ether oxygens (including phenoxy) is 1. The lowest BCUT2D eigenvalue weighted by molar-refractivity contribution is 0.395. The molecule has 0 spiro atoms. The van der Waals surface area contributed by atoms with Gasteiger partial charge in [0.05, 0.1) is 11.6 Å². The van der Waals surface area contributed by atoms with E-state index in [9.17, 15) is 0 Å². The molecular weight excluding hydrogens is 290 g/mol. The summed E-state index contributed by atoms with van der Waals surface area (Å²) in [6, 6.07) is 4.61. The molecule has 2 rings (SSSR count). The van der Waals surface area contributed by atoms with Crippen LogP contribution in [-0.2, 0) is 5.41 Å². The molecule has 1 aromatic carbocycles. The van der Waals surface area contributed by atoms with Crippen LogP contribution in [0.4, 0.5) is 0 Å². The molecule has 1 unspecified atom stereocenters. The molecule has 18 heavy (non-hydrogen) atoms. The Hall–Kier alpha value is -0.540. The maximum atomic E-state index is 6.19. The van der Waals surface area contributed by atoms with Crippen molar-refractivity contribution in [2.45, 2.75) is 51.0 Å². The van der Waals surface area contributed by atoms with Crippen molar-refractivity contribution >= 4 is 15.9 Å². The number of halogens is 1. The fourth-order valence-corrected chi connectivity index (χ4v) is 3.27. The van der Waals surface area contributed by atoms with Crippen molar-refractivity contribution in [3.05, 3.63) is 27.7 Å². The summed E-state index contributed by atoms with van der Waals surface area (Å²) in [5.41, 5.74) is 8.93. The van der Waals surface area contributed by atoms with Crippen LogP contribution >= 0.6 is 15.9 Å². The van der Waals surface area contributed by atoms with E-state index in [1.807, 2.05) is 0 Å². The van der Waals surface area contributed by atoms with Gasteiger partial charge in [-0.15, -0.1) is 0 Å². The number of benzene rings is 1. The van der Waals surface area contributed by atoms with Crippen LogP contribution < -0.4 is 10.5 Å². The summed E-state index contributed by atoms with van der Waals surface area (Å²) in [5.74, 6) is 1.46. The molecule has 2 nitrogen and oxygen atoms in total. The number of rotatable bonds is 4. The molecule has 0 amide bonds. The van der Waals surface area contributed by atoms with Crippen LogP contribution in [-0.4, -0.2) is 13.2 Å². The zero-order valence-electron chi connectivity index (χ0n) is 11.6. The van der Waals surface area contributed by atoms with E-state index in [1.165, 1.54) is 11.1 Å². The number of nitrogens with two attached hydrogens (primary N) is 1. The van der Waals surface area contributed by atoms with Crippen LogP contribution in [0.15, 0.2) is 16.6 Å². The highest BCUT2D eigenvalue weighted by atomic mass is 79.9. The molecule has 1 aliphatic carbocycles. The van der Waals surface area contributed by atoms with Gasteiger partial charge in [-0.05, 0) is 53.2 Å². The smallest absolute Gasteiger partial charge is 0.136 e. The van der Waals surface area contributed by atoms with Crippen LogP contribution in [0, 0.1) is 0 Å². The molecule has 100 valence electrons. The second-order valence-corrected chi connectivity index (χ2v) is 6.54. The largest absolute Gasteiger partial charge is 0.495 e. The Kier molecular flexibility index (Phi) is 3.75. The van der Waals surface area contributed by atoms with Crippen molar-refractivity contribution in [2.24, 2.45) is 5.73 Å². The summed E-state index contributed by atoms with van der Waals surface area (Å²) in [4.78, 5) is 0. The zero-order valence-corrected chi connectivity index (χ0v) is 13.2. The molecule has 0 radical (unpaired) electrons. The normalized spacial score (nSPS) is 18.8. The molecule has 1 aliphatic rings. The molecule has 3 heteroatoms. The summed E-state index contributed by atoms with van der Waals surface area (Å²) in [7, 11) is 1.73. The first-order valence-electron chi connectivity index (χ1n) is 6.56. The average molecular weight is 312 g/mol. The summed E-state index contributed by atoms with van der Waals surface area (Å²) >= 11 is 3.63. The Balaban J connectivity index is 2.57. The molecule has 0 aromatic heterocycles. The minimum Gasteiger partial charge on any atom is -0.495 e. The molecule has 1 fully saturated rings. The lowest BCUT2D eigenvalue weighted by Crippen LogP contribution is -2.32. The van der Waals surface area contributed by atoms with Crippen molar-refractivity contribution in [3.63, 3.8) is 0 Å². The van der Waals surface area contributed by atoms with Gasteiger partial charge in [-0.3, -0.25) is 0 Å². The van der Waals surface area contributed by atoms with Gasteiger partial charge in [-0.1, -0.05) is 19.9 Å². The van der Waals surface area contributed by atoms with Gasteiger partial charge in [-0.2, -0.15) is 0 Å². The highest BCUT2D eigenvalue weighted by Gasteiger charge is 2.49. The van der Waals surface area contributed by atoms with Crippen LogP contribution in [0.25, 0.3) is 0 Å². The molecule has 0 heterocycles. The number of hydrogen-bond donors (Lipinski definition) is 1. The van der Waals surface area contributed by atoms with Crippen LogP contribution in [0.2, 0.25) is 0 Å². The van der Waals surface area contributed by atoms with Crippen LogP contribution in [0.1, 0.15) is 50.7 Å². The minimum absolute atomic E-state index is 0.124. The van der Waals surface area contributed by atoms with E-state index in [0.29, 0.717) is 5.92 Å². The Morgan fingerprint density at radius 2 is 1.89 bits per heavy atom. The molecule has 1 aromatic rings. The first kappa shape index (κ1) is 13.9. The monoisotopic (exact) mass is 311 g/mol. The Morgan fingerprint density at radius 3 is 2.28 bits per heavy atom. The van der Waals surface area contributed by atoms with E-state index in [4.69, 9.17) is 10.5 Å². The van der Waals surface area contributed by atoms with E-state index in [1.54, 1.807) is 7.11 Å². The third-order valence-electron chi connectivity index (χ3n) is 4.13. The topological polar surface area (TPSA) is 35.2 Å². The number of methoxy groups -OCH3 is 1. The third kappa shape index (κ3) is 2.19. The maximum Gasteiger partial charge on any atom is 0.136 e. The van der Waals surface area contributed by atoms with Crippen molar-refractivity contribution in [1.29, 1.82) is 0 Å². The van der Waals surface area contributed by atoms with Gasteiger partial charge in [0.2, 0.25) is 0 Å². The predicted octanol–water partition coefficient (Wildman–Crippen LogP) is 3.96. The van der Waals surface area contributed by atoms with Crippen molar-refractivity contribution < 1.29 is 4.74 Å². The highest BCUT2D eigenvalue weighted by Crippen LogP contribution is 2.55. The van der Waals surface area contributed by atoms with Crippen LogP contribution in [0.5, 0.6) is 5.75 Å². The average Bonchev–Trinajstić information content (AvgIpc) is 3.08. The first-order chi connectivity index (χ1) is 8.42. The van der Waals surface area contributed by atoms with Gasteiger partial charge in [0, 0.05) is 17.0 Å². The molecule has 1 saturated carbocycles. The predicted molar refractivity (Wildman–Crippen MR) is 79.3 cm³/mol. The van der Waals surface area contributed by atoms with Gasteiger partial charge >= 0.3 is 0 Å². The standard InChI is InChI=1S/C15H22BrNO/c1-9(2)11-7-12(14(18-4)13(16)8-11)15(5-6-15)10(3)17/h7-10H,5-6,17H2,1-4H3. The lowest BCUT2D eigenvalue weighted by Gasteiger charge is -2.25. The first-order valence-corrected chi connectivity index (χ1v) is 7.35. The van der Waals surface area contributed by atoms with Gasteiger partial charge < -0.3 is 10.5 Å². The molecule has 2 N–H and O–H groups in total. The molecule has 0 saturated heterocycles. The van der Waals surface area contributed by atoms with E-state index >= 15 is 0 Å². The lowest BCUT2D eigenvalue weighted by atomic mass is 9.86. The fourth-order valence-electron chi connectivity index (χ4n) is 2.63. The Labute approximate surface area is 118 Å². The Bertz CT molecular complexity index is 450. The maximum absolute atomic E-state index is 6.19. The second-order valence-electron chi connectivity index (χ2n) is 5.68. The van der Waals surface area contributed by atoms with Gasteiger partial charge in [-0.25, -0.2) is 0 Å². The number of hydrogen-bond acceptors (Lipinski definition) is 2. The molecular formula is C15H22BrNO. The quantitative estimate of drug-likeness (QED) is 0.913. The summed E-state index contributed by atoms with van der Waals surface area (Å²) in [5, 5.41) is 0. The van der Waals surface area contributed by atoms with Crippen LogP contribution in [0.3, 0.4) is 0 Å². The van der Waals surface area contributed by atoms with E-state index in [2.05, 4.69) is 48.8 Å². The molecule has 0 aliphatic heterocycles. The zero-order chi connectivity index (χ0) is 13.5. The summed E-state index contributed by atoms with van der Waals surface area (Å²) < 4.78 is 6.62. The SMILES string of the molecule is COc1c(Br)cc(C(C)C)cc1C1(C(C)N)CC1. The van der Waals surface area contributed by atoms with E-state index in [-0.39, 0.29) is 11.5 Å². The van der Waals surface area contributed by atoms with Crippen molar-refractivity contribution in [3.8, 4) is 5.75 Å². The highest BCUT2D eigenvalue weighted by molar-refractivity contribution is 9.10. The summed E-state index contributed by atoms with van der Waals surface area (Å²) in [6.45, 7) is 6.52. The third-order valence-corrected chi connectivity index (χ3v) is 4.72. The second kappa shape index (κ2) is 4.86. The van der Waals surface area contributed by atoms with E-state index in [0.717, 1.165) is 23.1 Å². The fraction of sp³-hybridized carbons (Fsp3) is 0.600.